The van der Waals surface area contributed by atoms with Crippen LogP contribution in [0.25, 0.3) is 0 Å². The molecular formula is C15H19FN4O3. The van der Waals surface area contributed by atoms with Gasteiger partial charge in [-0.2, -0.15) is 5.10 Å². The number of carbonyl (C=O) groups is 2. The number of anilines is 1. The summed E-state index contributed by atoms with van der Waals surface area (Å²) in [6.07, 6.45) is 0.791. The molecule has 1 aliphatic heterocycles. The van der Waals surface area contributed by atoms with Crippen molar-refractivity contribution in [3.63, 3.8) is 0 Å². The van der Waals surface area contributed by atoms with Gasteiger partial charge in [0.05, 0.1) is 5.69 Å². The van der Waals surface area contributed by atoms with Crippen LogP contribution >= 0.6 is 0 Å². The van der Waals surface area contributed by atoms with Gasteiger partial charge in [-0.05, 0) is 30.7 Å². The summed E-state index contributed by atoms with van der Waals surface area (Å²) >= 11 is 0. The molecule has 0 spiro atoms. The van der Waals surface area contributed by atoms with E-state index >= 15 is 0 Å². The molecule has 1 atom stereocenters. The number of hydrazone groups is 1. The number of nitrogens with two attached hydrogens (primary N) is 1. The van der Waals surface area contributed by atoms with Crippen LogP contribution in [-0.4, -0.2) is 43.8 Å². The van der Waals surface area contributed by atoms with Gasteiger partial charge in [0.15, 0.2) is 0 Å². The lowest BCUT2D eigenvalue weighted by molar-refractivity contribution is -0.119. The minimum atomic E-state index is -0.764. The summed E-state index contributed by atoms with van der Waals surface area (Å²) < 4.78 is 17.9. The van der Waals surface area contributed by atoms with Crippen LogP contribution in [0.5, 0.6) is 0 Å². The Kier molecular flexibility index (Phi) is 5.64. The Morgan fingerprint density at radius 1 is 1.43 bits per heavy atom. The monoisotopic (exact) mass is 322 g/mol. The molecule has 1 heterocycles. The molecule has 7 nitrogen and oxygen atoms in total. The molecule has 0 radical (unpaired) electrons. The summed E-state index contributed by atoms with van der Waals surface area (Å²) in [5, 5.41) is 8.24. The minimum absolute atomic E-state index is 0.114. The Bertz CT molecular complexity index is 603. The summed E-state index contributed by atoms with van der Waals surface area (Å²) in [5.74, 6) is -1.35. The third kappa shape index (κ3) is 4.26. The maximum absolute atomic E-state index is 13.0. The first kappa shape index (κ1) is 16.9. The predicted molar refractivity (Wildman–Crippen MR) is 83.4 cm³/mol. The number of benzene rings is 1. The number of hydrogen-bond donors (Lipinski definition) is 2. The van der Waals surface area contributed by atoms with Crippen LogP contribution < -0.4 is 16.1 Å². The van der Waals surface area contributed by atoms with Gasteiger partial charge in [-0.15, -0.1) is 0 Å². The second-order valence-corrected chi connectivity index (χ2v) is 5.09. The van der Waals surface area contributed by atoms with E-state index in [1.165, 1.54) is 29.3 Å². The van der Waals surface area contributed by atoms with Crippen molar-refractivity contribution in [3.05, 3.63) is 30.1 Å². The standard InChI is InChI=1S/C15H19FN4O3/c1-23-8-2-7-18-15(22)12-9-13(14(17)21)20(19-12)11-5-3-10(16)4-6-11/h3-6,13H,2,7-9H2,1H3,(H2,17,21)(H,18,22)/t13-/m1/s1. The Morgan fingerprint density at radius 3 is 2.74 bits per heavy atom. The van der Waals surface area contributed by atoms with Crippen molar-refractivity contribution in [1.82, 2.24) is 5.32 Å². The Labute approximate surface area is 133 Å². The number of nitrogens with one attached hydrogen (secondary N) is 1. The summed E-state index contributed by atoms with van der Waals surface area (Å²) in [6, 6.07) is 4.71. The van der Waals surface area contributed by atoms with E-state index < -0.39 is 17.8 Å². The lowest BCUT2D eigenvalue weighted by Gasteiger charge is -2.20. The highest BCUT2D eigenvalue weighted by atomic mass is 19.1. The fraction of sp³-hybridized carbons (Fsp3) is 0.400. The molecule has 1 aliphatic rings. The number of ether oxygens (including phenoxy) is 1. The van der Waals surface area contributed by atoms with Crippen LogP contribution in [0.15, 0.2) is 29.4 Å². The topological polar surface area (TPSA) is 97.0 Å². The van der Waals surface area contributed by atoms with E-state index in [9.17, 15) is 14.0 Å². The van der Waals surface area contributed by atoms with Gasteiger partial charge in [0, 0.05) is 26.7 Å². The average molecular weight is 322 g/mol. The number of carbonyl (C=O) groups excluding carboxylic acids is 2. The molecule has 0 bridgehead atoms. The molecule has 23 heavy (non-hydrogen) atoms. The Morgan fingerprint density at radius 2 is 2.13 bits per heavy atom. The van der Waals surface area contributed by atoms with Crippen molar-refractivity contribution >= 4 is 23.2 Å². The van der Waals surface area contributed by atoms with Gasteiger partial charge in [-0.25, -0.2) is 4.39 Å². The largest absolute Gasteiger partial charge is 0.385 e. The summed E-state index contributed by atoms with van der Waals surface area (Å²) in [6.45, 7) is 0.988. The zero-order valence-electron chi connectivity index (χ0n) is 12.8. The van der Waals surface area contributed by atoms with Crippen LogP contribution in [-0.2, 0) is 14.3 Å². The molecule has 3 N–H and O–H groups in total. The van der Waals surface area contributed by atoms with Crippen molar-refractivity contribution in [2.75, 3.05) is 25.3 Å². The predicted octanol–water partition coefficient (Wildman–Crippen LogP) is 0.398. The van der Waals surface area contributed by atoms with Crippen LogP contribution in [0, 0.1) is 5.82 Å². The quantitative estimate of drug-likeness (QED) is 0.710. The van der Waals surface area contributed by atoms with E-state index in [4.69, 9.17) is 10.5 Å². The van der Waals surface area contributed by atoms with E-state index in [2.05, 4.69) is 10.4 Å². The first-order valence-electron chi connectivity index (χ1n) is 7.21. The number of methoxy groups -OCH3 is 1. The van der Waals surface area contributed by atoms with Crippen molar-refractivity contribution < 1.29 is 18.7 Å². The molecule has 0 saturated heterocycles. The van der Waals surface area contributed by atoms with Crippen LogP contribution in [0.1, 0.15) is 12.8 Å². The smallest absolute Gasteiger partial charge is 0.267 e. The number of nitrogens with zero attached hydrogens (tertiary/aromatic N) is 2. The van der Waals surface area contributed by atoms with Crippen molar-refractivity contribution in [3.8, 4) is 0 Å². The van der Waals surface area contributed by atoms with Crippen molar-refractivity contribution in [1.29, 1.82) is 0 Å². The fourth-order valence-corrected chi connectivity index (χ4v) is 2.22. The normalized spacial score (nSPS) is 17.0. The zero-order chi connectivity index (χ0) is 16.8. The highest BCUT2D eigenvalue weighted by Gasteiger charge is 2.34. The first-order chi connectivity index (χ1) is 11.0. The van der Waals surface area contributed by atoms with Gasteiger partial charge in [0.2, 0.25) is 5.91 Å². The fourth-order valence-electron chi connectivity index (χ4n) is 2.22. The molecule has 1 aromatic rings. The molecule has 1 aromatic carbocycles. The molecule has 2 rings (SSSR count). The van der Waals surface area contributed by atoms with Crippen LogP contribution in [0.4, 0.5) is 10.1 Å². The number of primary amides is 1. The van der Waals surface area contributed by atoms with E-state index in [0.29, 0.717) is 25.3 Å². The number of rotatable bonds is 7. The second-order valence-electron chi connectivity index (χ2n) is 5.09. The van der Waals surface area contributed by atoms with Gasteiger partial charge in [0.1, 0.15) is 17.6 Å². The molecule has 0 saturated carbocycles. The highest BCUT2D eigenvalue weighted by molar-refractivity contribution is 6.40. The van der Waals surface area contributed by atoms with Crippen LogP contribution in [0.2, 0.25) is 0 Å². The molecule has 2 amide bonds. The molecule has 124 valence electrons. The van der Waals surface area contributed by atoms with E-state index in [1.54, 1.807) is 7.11 Å². The number of halogens is 1. The molecule has 0 aromatic heterocycles. The van der Waals surface area contributed by atoms with Gasteiger partial charge in [-0.3, -0.25) is 14.6 Å². The molecule has 0 fully saturated rings. The van der Waals surface area contributed by atoms with E-state index in [1.807, 2.05) is 0 Å². The van der Waals surface area contributed by atoms with Crippen LogP contribution in [0.3, 0.4) is 0 Å². The lowest BCUT2D eigenvalue weighted by Crippen LogP contribution is -2.40. The second kappa shape index (κ2) is 7.68. The lowest BCUT2D eigenvalue weighted by atomic mass is 10.1. The van der Waals surface area contributed by atoms with Gasteiger partial charge in [0.25, 0.3) is 5.91 Å². The highest BCUT2D eigenvalue weighted by Crippen LogP contribution is 2.24. The van der Waals surface area contributed by atoms with Gasteiger partial charge >= 0.3 is 0 Å². The Hall–Kier alpha value is -2.48. The van der Waals surface area contributed by atoms with Crippen molar-refractivity contribution in [2.24, 2.45) is 10.8 Å². The third-order valence-electron chi connectivity index (χ3n) is 3.40. The maximum atomic E-state index is 13.0. The Balaban J connectivity index is 2.09. The SMILES string of the molecule is COCCCNC(=O)C1=NN(c2ccc(F)cc2)[C@@H](C(N)=O)C1. The number of amides is 2. The average Bonchev–Trinajstić information content (AvgIpc) is 2.98. The first-order valence-corrected chi connectivity index (χ1v) is 7.21. The summed E-state index contributed by atoms with van der Waals surface area (Å²) in [7, 11) is 1.58. The molecule has 0 unspecified atom stereocenters. The zero-order valence-corrected chi connectivity index (χ0v) is 12.8. The van der Waals surface area contributed by atoms with Crippen molar-refractivity contribution in [2.45, 2.75) is 18.9 Å². The van der Waals surface area contributed by atoms with Gasteiger partial charge in [-0.1, -0.05) is 0 Å². The van der Waals surface area contributed by atoms with E-state index in [-0.39, 0.29) is 18.0 Å². The molecule has 8 heteroatoms. The summed E-state index contributed by atoms with van der Waals surface area (Å²) in [4.78, 5) is 23.7. The van der Waals surface area contributed by atoms with Gasteiger partial charge < -0.3 is 15.8 Å². The molecular weight excluding hydrogens is 303 g/mol. The molecule has 0 aliphatic carbocycles. The van der Waals surface area contributed by atoms with E-state index in [0.717, 1.165) is 0 Å². The summed E-state index contributed by atoms with van der Waals surface area (Å²) in [5.41, 5.74) is 6.10. The number of hydrogen-bond acceptors (Lipinski definition) is 5. The maximum Gasteiger partial charge on any atom is 0.267 e. The third-order valence-corrected chi connectivity index (χ3v) is 3.40. The minimum Gasteiger partial charge on any atom is -0.385 e.